The van der Waals surface area contributed by atoms with Gasteiger partial charge >= 0.3 is 0 Å². The summed E-state index contributed by atoms with van der Waals surface area (Å²) in [5.41, 5.74) is 1.17. The fourth-order valence-corrected chi connectivity index (χ4v) is 9.21. The van der Waals surface area contributed by atoms with Gasteiger partial charge in [0.2, 0.25) is 0 Å². The van der Waals surface area contributed by atoms with Crippen molar-refractivity contribution in [1.29, 1.82) is 0 Å². The third kappa shape index (κ3) is 2.89. The van der Waals surface area contributed by atoms with Crippen LogP contribution in [0.15, 0.2) is 23.8 Å². The van der Waals surface area contributed by atoms with Gasteiger partial charge < -0.3 is 5.11 Å². The van der Waals surface area contributed by atoms with Crippen molar-refractivity contribution >= 4 is 0 Å². The van der Waals surface area contributed by atoms with Crippen LogP contribution in [0.3, 0.4) is 0 Å². The van der Waals surface area contributed by atoms with Crippen LogP contribution in [0.1, 0.15) is 93.4 Å². The van der Waals surface area contributed by atoms with Gasteiger partial charge in [-0.3, -0.25) is 0 Å². The molecule has 3 saturated carbocycles. The lowest BCUT2D eigenvalue weighted by molar-refractivity contribution is -0.497. The van der Waals surface area contributed by atoms with E-state index in [0.717, 1.165) is 12.8 Å². The number of fused-ring (bicyclic) bond motifs is 2. The Bertz CT molecular complexity index is 815. The Hall–Kier alpha value is -0.640. The number of aliphatic hydroxyl groups excluding tert-OH is 1. The van der Waals surface area contributed by atoms with Gasteiger partial charge in [0, 0.05) is 23.7 Å². The Kier molecular flexibility index (Phi) is 5.37. The van der Waals surface area contributed by atoms with E-state index in [0.29, 0.717) is 41.9 Å². The molecule has 0 aromatic rings. The molecule has 0 radical (unpaired) electrons. The standard InChI is InChI=1S/C29H46O3/c1-18(2)21(5)19(3)16-20(4)23-8-9-24-26(23,6)12-11-25-27(7)13-10-22(30)17-28(27)14-15-29(24,25)32-31-28/h14-16,18,20-25,30H,8-13,17H2,1-7H3. The Morgan fingerprint density at radius 2 is 1.72 bits per heavy atom. The fourth-order valence-electron chi connectivity index (χ4n) is 9.21. The van der Waals surface area contributed by atoms with Crippen LogP contribution < -0.4 is 0 Å². The molecule has 0 amide bonds. The highest BCUT2D eigenvalue weighted by atomic mass is 17.2. The number of hydrogen-bond acceptors (Lipinski definition) is 3. The van der Waals surface area contributed by atoms with Crippen molar-refractivity contribution in [3.8, 4) is 0 Å². The van der Waals surface area contributed by atoms with Gasteiger partial charge in [-0.2, -0.15) is 0 Å². The summed E-state index contributed by atoms with van der Waals surface area (Å²) in [6.07, 6.45) is 14.6. The van der Waals surface area contributed by atoms with Crippen molar-refractivity contribution in [2.24, 2.45) is 46.3 Å². The maximum absolute atomic E-state index is 10.4. The molecule has 2 spiro atoms. The second-order valence-corrected chi connectivity index (χ2v) is 13.2. The summed E-state index contributed by atoms with van der Waals surface area (Å²) in [7, 11) is 0. The summed E-state index contributed by atoms with van der Waals surface area (Å²) in [5.74, 6) is 3.62. The first-order chi connectivity index (χ1) is 15.0. The molecule has 0 aromatic heterocycles. The third-order valence-corrected chi connectivity index (χ3v) is 11.6. The van der Waals surface area contributed by atoms with E-state index in [1.165, 1.54) is 25.7 Å². The van der Waals surface area contributed by atoms with Crippen LogP contribution in [0.4, 0.5) is 0 Å². The summed E-state index contributed by atoms with van der Waals surface area (Å²) in [5, 5.41) is 10.4. The molecule has 6 aliphatic rings. The number of allylic oxidation sites excluding steroid dienone is 2. The lowest BCUT2D eigenvalue weighted by atomic mass is 9.43. The molecule has 1 N–H and O–H groups in total. The summed E-state index contributed by atoms with van der Waals surface area (Å²) in [4.78, 5) is 12.8. The van der Waals surface area contributed by atoms with Crippen LogP contribution in [0.5, 0.6) is 0 Å². The predicted octanol–water partition coefficient (Wildman–Crippen LogP) is 6.86. The van der Waals surface area contributed by atoms with Gasteiger partial charge in [-0.05, 0) is 80.6 Å². The molecule has 4 fully saturated rings. The zero-order valence-corrected chi connectivity index (χ0v) is 21.5. The minimum atomic E-state index is -0.442. The van der Waals surface area contributed by atoms with Crippen LogP contribution in [0.2, 0.25) is 0 Å². The molecule has 32 heavy (non-hydrogen) atoms. The maximum Gasteiger partial charge on any atom is 0.130 e. The van der Waals surface area contributed by atoms with Gasteiger partial charge in [0.15, 0.2) is 0 Å². The summed E-state index contributed by atoms with van der Waals surface area (Å²) >= 11 is 0. The molecule has 3 nitrogen and oxygen atoms in total. The van der Waals surface area contributed by atoms with E-state index in [2.05, 4.69) is 66.7 Å². The largest absolute Gasteiger partial charge is 0.393 e. The van der Waals surface area contributed by atoms with Gasteiger partial charge in [-0.15, -0.1) is 0 Å². The summed E-state index contributed by atoms with van der Waals surface area (Å²) in [6, 6.07) is 0. The minimum absolute atomic E-state index is 0.0629. The van der Waals surface area contributed by atoms with E-state index in [9.17, 15) is 5.11 Å². The lowest BCUT2D eigenvalue weighted by Crippen LogP contribution is -2.73. The first kappa shape index (κ1) is 23.1. The molecule has 10 atom stereocenters. The SMILES string of the molecule is CC(=CC(C)C1CCC2C1(C)CCC1C23C=CC2(CC(O)CCC12C)OO3)C(C)C(C)C. The highest BCUT2D eigenvalue weighted by Crippen LogP contribution is 2.72. The average molecular weight is 443 g/mol. The topological polar surface area (TPSA) is 38.7 Å². The molecule has 3 heteroatoms. The predicted molar refractivity (Wildman–Crippen MR) is 129 cm³/mol. The monoisotopic (exact) mass is 442 g/mol. The second kappa shape index (κ2) is 7.43. The Morgan fingerprint density at radius 1 is 0.969 bits per heavy atom. The Labute approximate surface area is 195 Å². The van der Waals surface area contributed by atoms with Crippen molar-refractivity contribution < 1.29 is 14.9 Å². The Balaban J connectivity index is 1.46. The van der Waals surface area contributed by atoms with Crippen LogP contribution in [-0.2, 0) is 9.78 Å². The highest BCUT2D eigenvalue weighted by Gasteiger charge is 2.74. The minimum Gasteiger partial charge on any atom is -0.393 e. The summed E-state index contributed by atoms with van der Waals surface area (Å²) < 4.78 is 0. The lowest BCUT2D eigenvalue weighted by Gasteiger charge is -2.69. The molecule has 2 bridgehead atoms. The van der Waals surface area contributed by atoms with Crippen LogP contribution in [-0.4, -0.2) is 22.4 Å². The quantitative estimate of drug-likeness (QED) is 0.382. The molecular formula is C29H46O3. The summed E-state index contributed by atoms with van der Waals surface area (Å²) in [6.45, 7) is 16.8. The van der Waals surface area contributed by atoms with Crippen LogP contribution in [0, 0.1) is 46.3 Å². The van der Waals surface area contributed by atoms with Crippen molar-refractivity contribution in [2.45, 2.75) is 111 Å². The maximum atomic E-state index is 10.4. The van der Waals surface area contributed by atoms with Crippen molar-refractivity contribution in [2.75, 3.05) is 0 Å². The first-order valence-corrected chi connectivity index (χ1v) is 13.4. The van der Waals surface area contributed by atoms with Crippen molar-refractivity contribution in [3.63, 3.8) is 0 Å². The molecule has 10 unspecified atom stereocenters. The van der Waals surface area contributed by atoms with Gasteiger partial charge in [0.05, 0.1) is 6.10 Å². The normalized spacial score (nSPS) is 51.8. The third-order valence-electron chi connectivity index (χ3n) is 11.6. The average Bonchev–Trinajstić information content (AvgIpc) is 3.11. The van der Waals surface area contributed by atoms with E-state index in [1.54, 1.807) is 5.57 Å². The zero-order valence-electron chi connectivity index (χ0n) is 21.5. The van der Waals surface area contributed by atoms with Crippen LogP contribution >= 0.6 is 0 Å². The van der Waals surface area contributed by atoms with E-state index < -0.39 is 5.60 Å². The highest BCUT2D eigenvalue weighted by molar-refractivity contribution is 5.33. The van der Waals surface area contributed by atoms with Gasteiger partial charge in [-0.1, -0.05) is 59.3 Å². The van der Waals surface area contributed by atoms with E-state index in [-0.39, 0.29) is 22.5 Å². The van der Waals surface area contributed by atoms with E-state index >= 15 is 0 Å². The van der Waals surface area contributed by atoms with E-state index in [1.807, 2.05) is 0 Å². The van der Waals surface area contributed by atoms with Crippen molar-refractivity contribution in [1.82, 2.24) is 0 Å². The smallest absolute Gasteiger partial charge is 0.130 e. The molecule has 180 valence electrons. The van der Waals surface area contributed by atoms with Gasteiger partial charge in [-0.25, -0.2) is 9.78 Å². The molecule has 4 aliphatic carbocycles. The molecule has 2 aliphatic heterocycles. The Morgan fingerprint density at radius 3 is 2.38 bits per heavy atom. The molecule has 2 heterocycles. The zero-order chi connectivity index (χ0) is 23.1. The first-order valence-electron chi connectivity index (χ1n) is 13.4. The fraction of sp³-hybridized carbons (Fsp3) is 0.862. The number of aliphatic hydroxyl groups is 1. The molecule has 6 rings (SSSR count). The van der Waals surface area contributed by atoms with Crippen molar-refractivity contribution in [3.05, 3.63) is 23.8 Å². The van der Waals surface area contributed by atoms with Gasteiger partial charge in [0.1, 0.15) is 11.2 Å². The number of hydrogen-bond donors (Lipinski definition) is 1. The number of rotatable bonds is 4. The molecular weight excluding hydrogens is 396 g/mol. The van der Waals surface area contributed by atoms with Gasteiger partial charge in [0.25, 0.3) is 0 Å². The van der Waals surface area contributed by atoms with Crippen LogP contribution in [0.25, 0.3) is 0 Å². The molecule has 1 saturated heterocycles. The second-order valence-electron chi connectivity index (χ2n) is 13.2. The molecule has 0 aromatic carbocycles. The van der Waals surface area contributed by atoms with E-state index in [4.69, 9.17) is 9.78 Å².